The molecule has 0 fully saturated rings. The Morgan fingerprint density at radius 2 is 2.08 bits per heavy atom. The summed E-state index contributed by atoms with van der Waals surface area (Å²) in [6.07, 6.45) is 2.38. The van der Waals surface area contributed by atoms with Crippen molar-refractivity contribution in [1.82, 2.24) is 20.1 Å². The van der Waals surface area contributed by atoms with E-state index in [1.807, 2.05) is 35.8 Å². The Bertz CT molecular complexity index is 669. The number of aliphatic hydroxyl groups is 1. The summed E-state index contributed by atoms with van der Waals surface area (Å²) in [7, 11) is 0. The maximum absolute atomic E-state index is 12.3. The number of aryl methyl sites for hydroxylation is 1. The second-order valence-electron chi connectivity index (χ2n) is 6.09. The molecule has 1 unspecified atom stereocenters. The first-order chi connectivity index (χ1) is 11.5. The third kappa shape index (κ3) is 4.55. The molecule has 24 heavy (non-hydrogen) atoms. The summed E-state index contributed by atoms with van der Waals surface area (Å²) >= 11 is 0. The summed E-state index contributed by atoms with van der Waals surface area (Å²) in [5.74, 6) is 1.09. The van der Waals surface area contributed by atoms with Crippen LogP contribution in [0.25, 0.3) is 11.4 Å². The Kier molecular flexibility index (Phi) is 6.31. The van der Waals surface area contributed by atoms with Gasteiger partial charge < -0.3 is 20.3 Å². The van der Waals surface area contributed by atoms with Crippen molar-refractivity contribution in [2.24, 2.45) is 5.92 Å². The number of aliphatic hydroxyl groups excluding tert-OH is 1. The number of amides is 2. The van der Waals surface area contributed by atoms with Crippen LogP contribution in [-0.4, -0.2) is 38.6 Å². The normalized spacial score (nSPS) is 12.2. The number of urea groups is 1. The van der Waals surface area contributed by atoms with Gasteiger partial charge in [-0.15, -0.1) is 10.2 Å². The summed E-state index contributed by atoms with van der Waals surface area (Å²) in [6.45, 7) is 6.76. The topological polar surface area (TPSA) is 92.1 Å². The highest BCUT2D eigenvalue weighted by Gasteiger charge is 2.16. The Morgan fingerprint density at radius 3 is 2.75 bits per heavy atom. The van der Waals surface area contributed by atoms with Crippen molar-refractivity contribution < 1.29 is 9.90 Å². The van der Waals surface area contributed by atoms with E-state index in [0.29, 0.717) is 17.4 Å². The smallest absolute Gasteiger partial charge is 0.319 e. The molecule has 2 rings (SSSR count). The number of carbonyl (C=O) groups excluding carboxylic acids is 1. The third-order valence-electron chi connectivity index (χ3n) is 3.68. The van der Waals surface area contributed by atoms with E-state index in [0.717, 1.165) is 18.5 Å². The molecule has 7 nitrogen and oxygen atoms in total. The average molecular weight is 331 g/mol. The lowest BCUT2D eigenvalue weighted by molar-refractivity contribution is 0.214. The molecule has 0 aliphatic heterocycles. The van der Waals surface area contributed by atoms with Crippen molar-refractivity contribution in [2.75, 3.05) is 11.9 Å². The van der Waals surface area contributed by atoms with E-state index in [-0.39, 0.29) is 18.7 Å². The minimum absolute atomic E-state index is 0.0859. The lowest BCUT2D eigenvalue weighted by Crippen LogP contribution is -2.41. The van der Waals surface area contributed by atoms with E-state index in [9.17, 15) is 9.90 Å². The second kappa shape index (κ2) is 8.44. The lowest BCUT2D eigenvalue weighted by Gasteiger charge is -2.19. The van der Waals surface area contributed by atoms with Gasteiger partial charge in [0.25, 0.3) is 0 Å². The first kappa shape index (κ1) is 17.9. The zero-order chi connectivity index (χ0) is 17.5. The highest BCUT2D eigenvalue weighted by molar-refractivity contribution is 5.93. The zero-order valence-electron chi connectivity index (χ0n) is 14.4. The number of hydrogen-bond acceptors (Lipinski definition) is 4. The fraction of sp³-hybridized carbons (Fsp3) is 0.471. The molecular formula is C17H25N5O2. The molecule has 0 saturated carbocycles. The molecular weight excluding hydrogens is 306 g/mol. The number of nitrogens with zero attached hydrogens (tertiary/aromatic N) is 3. The first-order valence-electron chi connectivity index (χ1n) is 8.20. The van der Waals surface area contributed by atoms with Gasteiger partial charge >= 0.3 is 6.03 Å². The first-order valence-corrected chi connectivity index (χ1v) is 8.20. The molecule has 1 aromatic carbocycles. The molecule has 1 atom stereocenters. The number of para-hydroxylation sites is 1. The van der Waals surface area contributed by atoms with E-state index in [1.165, 1.54) is 0 Å². The third-order valence-corrected chi connectivity index (χ3v) is 3.68. The van der Waals surface area contributed by atoms with Gasteiger partial charge in [0, 0.05) is 12.1 Å². The standard InChI is InChI=1S/C17H25N5O2/c1-4-22-11-18-21-16(22)14-7-5-6-8-15(14)20-17(24)19-13(10-23)9-12(2)3/h5-8,11-13,23H,4,9-10H2,1-3H3,(H2,19,20,24). The number of nitrogens with one attached hydrogen (secondary N) is 2. The monoisotopic (exact) mass is 331 g/mol. The van der Waals surface area contributed by atoms with Crippen LogP contribution in [0.5, 0.6) is 0 Å². The van der Waals surface area contributed by atoms with Crippen LogP contribution >= 0.6 is 0 Å². The molecule has 3 N–H and O–H groups in total. The summed E-state index contributed by atoms with van der Waals surface area (Å²) in [4.78, 5) is 12.3. The largest absolute Gasteiger partial charge is 0.394 e. The van der Waals surface area contributed by atoms with Crippen LogP contribution in [0.2, 0.25) is 0 Å². The van der Waals surface area contributed by atoms with Crippen LogP contribution < -0.4 is 10.6 Å². The molecule has 0 spiro atoms. The Balaban J connectivity index is 2.14. The zero-order valence-corrected chi connectivity index (χ0v) is 14.4. The predicted octanol–water partition coefficient (Wildman–Crippen LogP) is 2.49. The number of rotatable bonds is 7. The molecule has 130 valence electrons. The van der Waals surface area contributed by atoms with Gasteiger partial charge in [0.1, 0.15) is 6.33 Å². The van der Waals surface area contributed by atoms with Crippen molar-refractivity contribution in [1.29, 1.82) is 0 Å². The van der Waals surface area contributed by atoms with Crippen molar-refractivity contribution >= 4 is 11.7 Å². The van der Waals surface area contributed by atoms with Gasteiger partial charge in [0.15, 0.2) is 5.82 Å². The highest BCUT2D eigenvalue weighted by Crippen LogP contribution is 2.26. The predicted molar refractivity (Wildman–Crippen MR) is 93.6 cm³/mol. The number of benzene rings is 1. The van der Waals surface area contributed by atoms with Gasteiger partial charge in [-0.2, -0.15) is 0 Å². The average Bonchev–Trinajstić information content (AvgIpc) is 3.02. The molecule has 2 amide bonds. The maximum atomic E-state index is 12.3. The Morgan fingerprint density at radius 1 is 1.33 bits per heavy atom. The van der Waals surface area contributed by atoms with Crippen molar-refractivity contribution in [3.63, 3.8) is 0 Å². The lowest BCUT2D eigenvalue weighted by atomic mass is 10.0. The van der Waals surface area contributed by atoms with Gasteiger partial charge in [-0.1, -0.05) is 26.0 Å². The van der Waals surface area contributed by atoms with E-state index in [4.69, 9.17) is 0 Å². The van der Waals surface area contributed by atoms with Crippen LogP contribution in [0, 0.1) is 5.92 Å². The quantitative estimate of drug-likeness (QED) is 0.727. The number of carbonyl (C=O) groups is 1. The summed E-state index contributed by atoms with van der Waals surface area (Å²) in [5.41, 5.74) is 1.45. The molecule has 1 heterocycles. The van der Waals surface area contributed by atoms with Crippen LogP contribution in [0.4, 0.5) is 10.5 Å². The summed E-state index contributed by atoms with van der Waals surface area (Å²) in [6, 6.07) is 6.84. The highest BCUT2D eigenvalue weighted by atomic mass is 16.3. The molecule has 7 heteroatoms. The molecule has 0 bridgehead atoms. The Hall–Kier alpha value is -2.41. The molecule has 2 aromatic rings. The van der Waals surface area contributed by atoms with E-state index < -0.39 is 0 Å². The van der Waals surface area contributed by atoms with Crippen LogP contribution in [-0.2, 0) is 6.54 Å². The van der Waals surface area contributed by atoms with Crippen molar-refractivity contribution in [3.05, 3.63) is 30.6 Å². The molecule has 0 radical (unpaired) electrons. The van der Waals surface area contributed by atoms with Crippen LogP contribution in [0.3, 0.4) is 0 Å². The van der Waals surface area contributed by atoms with Gasteiger partial charge in [-0.05, 0) is 31.4 Å². The number of anilines is 1. The number of hydrogen-bond donors (Lipinski definition) is 3. The molecule has 0 aliphatic carbocycles. The minimum atomic E-state index is -0.343. The van der Waals surface area contributed by atoms with Crippen molar-refractivity contribution in [2.45, 2.75) is 39.8 Å². The SMILES string of the molecule is CCn1cnnc1-c1ccccc1NC(=O)NC(CO)CC(C)C. The van der Waals surface area contributed by atoms with Gasteiger partial charge in [0.2, 0.25) is 0 Å². The van der Waals surface area contributed by atoms with Gasteiger partial charge in [-0.25, -0.2) is 4.79 Å². The molecule has 1 aromatic heterocycles. The van der Waals surface area contributed by atoms with Gasteiger partial charge in [-0.3, -0.25) is 0 Å². The number of aromatic nitrogens is 3. The fourth-order valence-electron chi connectivity index (χ4n) is 2.57. The maximum Gasteiger partial charge on any atom is 0.319 e. The minimum Gasteiger partial charge on any atom is -0.394 e. The van der Waals surface area contributed by atoms with E-state index >= 15 is 0 Å². The van der Waals surface area contributed by atoms with Gasteiger partial charge in [0.05, 0.1) is 18.3 Å². The second-order valence-corrected chi connectivity index (χ2v) is 6.09. The van der Waals surface area contributed by atoms with Crippen LogP contribution in [0.15, 0.2) is 30.6 Å². The van der Waals surface area contributed by atoms with Crippen LogP contribution in [0.1, 0.15) is 27.2 Å². The van der Waals surface area contributed by atoms with Crippen molar-refractivity contribution in [3.8, 4) is 11.4 Å². The summed E-state index contributed by atoms with van der Waals surface area (Å²) in [5, 5.41) is 23.1. The molecule has 0 saturated heterocycles. The van der Waals surface area contributed by atoms with E-state index in [1.54, 1.807) is 6.33 Å². The fourth-order valence-corrected chi connectivity index (χ4v) is 2.57. The van der Waals surface area contributed by atoms with E-state index in [2.05, 4.69) is 34.7 Å². The molecule has 0 aliphatic rings. The Labute approximate surface area is 142 Å². The summed E-state index contributed by atoms with van der Waals surface area (Å²) < 4.78 is 1.91.